The summed E-state index contributed by atoms with van der Waals surface area (Å²) in [6, 6.07) is 0.493. The lowest BCUT2D eigenvalue weighted by molar-refractivity contribution is -0.119. The second-order valence-corrected chi connectivity index (χ2v) is 3.61. The molecule has 2 aliphatic rings. The summed E-state index contributed by atoms with van der Waals surface area (Å²) < 4.78 is 0. The van der Waals surface area contributed by atoms with Crippen LogP contribution in [0, 0.1) is 5.92 Å². The molecule has 3 nitrogen and oxygen atoms in total. The second kappa shape index (κ2) is 2.48. The maximum atomic E-state index is 10.7. The largest absolute Gasteiger partial charge is 0.370 e. The van der Waals surface area contributed by atoms with Gasteiger partial charge in [-0.1, -0.05) is 0 Å². The van der Waals surface area contributed by atoms with E-state index in [1.165, 1.54) is 25.9 Å². The van der Waals surface area contributed by atoms with Gasteiger partial charge in [0.1, 0.15) is 0 Å². The highest BCUT2D eigenvalue weighted by Crippen LogP contribution is 2.35. The lowest BCUT2D eigenvalue weighted by Crippen LogP contribution is -2.30. The average Bonchev–Trinajstić information content (AvgIpc) is 2.48. The van der Waals surface area contributed by atoms with E-state index < -0.39 is 0 Å². The molecule has 1 atom stereocenters. The van der Waals surface area contributed by atoms with Crippen LogP contribution in [0.3, 0.4) is 0 Å². The van der Waals surface area contributed by atoms with E-state index in [1.807, 2.05) is 0 Å². The van der Waals surface area contributed by atoms with Crippen LogP contribution in [0.4, 0.5) is 0 Å². The highest BCUT2D eigenvalue weighted by Gasteiger charge is 2.39. The molecule has 2 saturated heterocycles. The van der Waals surface area contributed by atoms with E-state index in [-0.39, 0.29) is 5.91 Å². The molecule has 1 unspecified atom stereocenters. The smallest absolute Gasteiger partial charge is 0.219 e. The molecule has 3 heteroatoms. The first-order chi connectivity index (χ1) is 5.27. The Morgan fingerprint density at radius 1 is 1.45 bits per heavy atom. The van der Waals surface area contributed by atoms with Crippen LogP contribution >= 0.6 is 0 Å². The van der Waals surface area contributed by atoms with Crippen molar-refractivity contribution in [2.45, 2.75) is 25.3 Å². The Hall–Kier alpha value is -0.570. The number of carbonyl (C=O) groups is 1. The Morgan fingerprint density at radius 3 is 2.45 bits per heavy atom. The van der Waals surface area contributed by atoms with Gasteiger partial charge >= 0.3 is 0 Å². The summed E-state index contributed by atoms with van der Waals surface area (Å²) in [7, 11) is 0. The molecule has 62 valence electrons. The average molecular weight is 154 g/mol. The summed E-state index contributed by atoms with van der Waals surface area (Å²) in [5.74, 6) is 0.622. The SMILES string of the molecule is NC(=O)CC1C2CCN1CC2. The number of primary amides is 1. The minimum Gasteiger partial charge on any atom is -0.370 e. The van der Waals surface area contributed by atoms with E-state index in [1.54, 1.807) is 0 Å². The lowest BCUT2D eigenvalue weighted by atomic mass is 9.97. The molecule has 2 aliphatic heterocycles. The Labute approximate surface area is 66.5 Å². The van der Waals surface area contributed by atoms with Gasteiger partial charge in [-0.15, -0.1) is 0 Å². The number of amides is 1. The second-order valence-electron chi connectivity index (χ2n) is 3.61. The van der Waals surface area contributed by atoms with Gasteiger partial charge < -0.3 is 5.73 Å². The minimum atomic E-state index is -0.145. The summed E-state index contributed by atoms with van der Waals surface area (Å²) in [5, 5.41) is 0. The van der Waals surface area contributed by atoms with Crippen molar-refractivity contribution in [1.29, 1.82) is 0 Å². The predicted molar refractivity (Wildman–Crippen MR) is 41.9 cm³/mol. The van der Waals surface area contributed by atoms with Crippen LogP contribution in [0.15, 0.2) is 0 Å². The molecule has 2 heterocycles. The molecule has 0 saturated carbocycles. The number of rotatable bonds is 2. The third-order valence-corrected chi connectivity index (χ3v) is 3.00. The van der Waals surface area contributed by atoms with Crippen molar-refractivity contribution < 1.29 is 4.79 Å². The zero-order chi connectivity index (χ0) is 7.84. The van der Waals surface area contributed by atoms with E-state index in [2.05, 4.69) is 4.90 Å². The van der Waals surface area contributed by atoms with E-state index in [0.29, 0.717) is 12.5 Å². The Morgan fingerprint density at radius 2 is 2.09 bits per heavy atom. The Balaban J connectivity index is 1.99. The number of hydrogen-bond acceptors (Lipinski definition) is 2. The van der Waals surface area contributed by atoms with Crippen molar-refractivity contribution in [3.05, 3.63) is 0 Å². The van der Waals surface area contributed by atoms with Crippen molar-refractivity contribution in [3.63, 3.8) is 0 Å². The maximum Gasteiger partial charge on any atom is 0.219 e. The summed E-state index contributed by atoms with van der Waals surface area (Å²) >= 11 is 0. The van der Waals surface area contributed by atoms with Crippen LogP contribution in [0.1, 0.15) is 19.3 Å². The fourth-order valence-electron chi connectivity index (χ4n) is 2.44. The number of carbonyl (C=O) groups excluding carboxylic acids is 1. The topological polar surface area (TPSA) is 46.3 Å². The van der Waals surface area contributed by atoms with Crippen molar-refractivity contribution in [2.24, 2.45) is 11.7 Å². The van der Waals surface area contributed by atoms with Gasteiger partial charge in [-0.05, 0) is 31.8 Å². The predicted octanol–water partition coefficient (Wildman–Crippen LogP) is -0.0440. The van der Waals surface area contributed by atoms with Gasteiger partial charge in [0, 0.05) is 12.5 Å². The molecule has 0 radical (unpaired) electrons. The van der Waals surface area contributed by atoms with E-state index in [4.69, 9.17) is 5.73 Å². The normalized spacial score (nSPS) is 41.3. The molecule has 1 amide bonds. The number of nitrogens with two attached hydrogens (primary N) is 1. The summed E-state index contributed by atoms with van der Waals surface area (Å²) in [6.07, 6.45) is 3.13. The summed E-state index contributed by atoms with van der Waals surface area (Å²) in [4.78, 5) is 13.1. The zero-order valence-electron chi connectivity index (χ0n) is 6.62. The van der Waals surface area contributed by atoms with Crippen LogP contribution in [-0.4, -0.2) is 29.9 Å². The van der Waals surface area contributed by atoms with Crippen LogP contribution in [-0.2, 0) is 4.79 Å². The van der Waals surface area contributed by atoms with Gasteiger partial charge in [0.25, 0.3) is 0 Å². The Bertz CT molecular complexity index is 161. The highest BCUT2D eigenvalue weighted by molar-refractivity contribution is 5.74. The third-order valence-electron chi connectivity index (χ3n) is 3.00. The minimum absolute atomic E-state index is 0.145. The van der Waals surface area contributed by atoms with E-state index in [9.17, 15) is 4.79 Å². The molecule has 2 fully saturated rings. The lowest BCUT2D eigenvalue weighted by Gasteiger charge is -2.16. The standard InChI is InChI=1S/C8H14N2O/c9-8(11)5-7-6-1-3-10(7)4-2-6/h6-7H,1-5H2,(H2,9,11). The first-order valence-corrected chi connectivity index (χ1v) is 4.30. The molecule has 2 rings (SSSR count). The van der Waals surface area contributed by atoms with Crippen LogP contribution < -0.4 is 5.73 Å². The van der Waals surface area contributed by atoms with Crippen molar-refractivity contribution >= 4 is 5.91 Å². The van der Waals surface area contributed by atoms with Gasteiger partial charge in [0.15, 0.2) is 0 Å². The summed E-state index contributed by atoms with van der Waals surface area (Å²) in [5.41, 5.74) is 5.16. The van der Waals surface area contributed by atoms with Gasteiger partial charge in [0.2, 0.25) is 5.91 Å². The van der Waals surface area contributed by atoms with E-state index in [0.717, 1.165) is 5.92 Å². The van der Waals surface area contributed by atoms with Gasteiger partial charge in [-0.25, -0.2) is 0 Å². The van der Waals surface area contributed by atoms with Gasteiger partial charge in [-0.3, -0.25) is 9.69 Å². The quantitative estimate of drug-likeness (QED) is 0.606. The first kappa shape index (κ1) is 7.10. The molecule has 0 aliphatic carbocycles. The van der Waals surface area contributed by atoms with E-state index >= 15 is 0 Å². The Kier molecular flexibility index (Phi) is 1.60. The van der Waals surface area contributed by atoms with Crippen LogP contribution in [0.2, 0.25) is 0 Å². The van der Waals surface area contributed by atoms with Crippen molar-refractivity contribution in [1.82, 2.24) is 4.90 Å². The number of piperidine rings is 1. The monoisotopic (exact) mass is 154 g/mol. The maximum absolute atomic E-state index is 10.7. The van der Waals surface area contributed by atoms with Gasteiger partial charge in [-0.2, -0.15) is 0 Å². The zero-order valence-corrected chi connectivity index (χ0v) is 6.62. The molecule has 0 spiro atoms. The molecule has 0 aromatic rings. The van der Waals surface area contributed by atoms with Crippen LogP contribution in [0.25, 0.3) is 0 Å². The van der Waals surface area contributed by atoms with Gasteiger partial charge in [0.05, 0.1) is 0 Å². The molecular formula is C8H14N2O. The highest BCUT2D eigenvalue weighted by atomic mass is 16.1. The molecule has 0 aromatic carbocycles. The third kappa shape index (κ3) is 1.13. The van der Waals surface area contributed by atoms with Crippen LogP contribution in [0.5, 0.6) is 0 Å². The molecule has 11 heavy (non-hydrogen) atoms. The fraction of sp³-hybridized carbons (Fsp3) is 0.875. The molecular weight excluding hydrogens is 140 g/mol. The first-order valence-electron chi connectivity index (χ1n) is 4.30. The molecule has 2 bridgehead atoms. The molecule has 2 N–H and O–H groups in total. The van der Waals surface area contributed by atoms with Crippen molar-refractivity contribution in [3.8, 4) is 0 Å². The molecule has 0 aromatic heterocycles. The number of fused-ring (bicyclic) bond motifs is 2. The summed E-state index contributed by atoms with van der Waals surface area (Å²) in [6.45, 7) is 2.37. The number of hydrogen-bond donors (Lipinski definition) is 1. The number of nitrogens with zero attached hydrogens (tertiary/aromatic N) is 1. The van der Waals surface area contributed by atoms with Crippen molar-refractivity contribution in [2.75, 3.05) is 13.1 Å². The fourth-order valence-corrected chi connectivity index (χ4v) is 2.44.